The Kier molecular flexibility index (Phi) is 6.08. The van der Waals surface area contributed by atoms with Gasteiger partial charge in [-0.15, -0.1) is 0 Å². The van der Waals surface area contributed by atoms with E-state index >= 15 is 0 Å². The van der Waals surface area contributed by atoms with Crippen LogP contribution in [0.4, 0.5) is 9.59 Å². The maximum atomic E-state index is 13.2. The molecular formula is C30H36N4O4. The van der Waals surface area contributed by atoms with Gasteiger partial charge in [0.15, 0.2) is 0 Å². The molecule has 3 aliphatic rings. The number of fused-ring (bicyclic) bond motifs is 2. The van der Waals surface area contributed by atoms with Gasteiger partial charge in [-0.3, -0.25) is 0 Å². The molecule has 0 radical (unpaired) electrons. The van der Waals surface area contributed by atoms with Crippen LogP contribution in [0.3, 0.4) is 0 Å². The van der Waals surface area contributed by atoms with Crippen molar-refractivity contribution in [3.63, 3.8) is 0 Å². The van der Waals surface area contributed by atoms with Gasteiger partial charge in [0.25, 0.3) is 0 Å². The summed E-state index contributed by atoms with van der Waals surface area (Å²) in [4.78, 5) is 37.6. The molecule has 38 heavy (non-hydrogen) atoms. The molecule has 1 N–H and O–H groups in total. The number of hydrogen-bond acceptors (Lipinski definition) is 5. The van der Waals surface area contributed by atoms with E-state index in [0.29, 0.717) is 19.6 Å². The van der Waals surface area contributed by atoms with E-state index < -0.39 is 5.60 Å². The Morgan fingerprint density at radius 2 is 1.87 bits per heavy atom. The van der Waals surface area contributed by atoms with Gasteiger partial charge in [-0.05, 0) is 99.7 Å². The number of nitrogens with zero attached hydrogens (tertiary/aromatic N) is 3. The molecule has 6 rings (SSSR count). The van der Waals surface area contributed by atoms with Crippen molar-refractivity contribution in [1.82, 2.24) is 19.8 Å². The third-order valence-corrected chi connectivity index (χ3v) is 7.74. The summed E-state index contributed by atoms with van der Waals surface area (Å²) < 4.78 is 11.4. The van der Waals surface area contributed by atoms with E-state index in [1.165, 1.54) is 5.56 Å². The van der Waals surface area contributed by atoms with E-state index in [0.717, 1.165) is 71.0 Å². The summed E-state index contributed by atoms with van der Waals surface area (Å²) in [7, 11) is 0. The molecule has 0 bridgehead atoms. The molecule has 2 amide bonds. The molecule has 2 fully saturated rings. The number of aromatic nitrogens is 2. The zero-order valence-corrected chi connectivity index (χ0v) is 22.7. The topological polar surface area (TPSA) is 87.8 Å². The van der Waals surface area contributed by atoms with E-state index in [1.54, 1.807) is 0 Å². The molecule has 1 saturated carbocycles. The first-order valence-corrected chi connectivity index (χ1v) is 13.7. The zero-order chi connectivity index (χ0) is 26.6. The summed E-state index contributed by atoms with van der Waals surface area (Å²) in [5, 5.41) is 1.10. The molecule has 1 saturated heterocycles. The molecular weight excluding hydrogens is 480 g/mol. The molecule has 2 aromatic heterocycles. The van der Waals surface area contributed by atoms with Gasteiger partial charge in [-0.2, -0.15) is 0 Å². The molecule has 4 heterocycles. The Morgan fingerprint density at radius 1 is 1.05 bits per heavy atom. The quantitative estimate of drug-likeness (QED) is 0.443. The Labute approximate surface area is 223 Å². The van der Waals surface area contributed by atoms with Crippen molar-refractivity contribution in [2.75, 3.05) is 13.1 Å². The number of amides is 2. The predicted octanol–water partition coefficient (Wildman–Crippen LogP) is 6.27. The number of aryl methyl sites for hydroxylation is 1. The molecule has 2 aliphatic heterocycles. The van der Waals surface area contributed by atoms with Crippen LogP contribution >= 0.6 is 0 Å². The van der Waals surface area contributed by atoms with Crippen molar-refractivity contribution in [3.05, 3.63) is 52.8 Å². The second-order valence-corrected chi connectivity index (χ2v) is 11.9. The van der Waals surface area contributed by atoms with Crippen LogP contribution in [0, 0.1) is 6.92 Å². The van der Waals surface area contributed by atoms with Gasteiger partial charge in [0, 0.05) is 43.0 Å². The number of hydrogen-bond donors (Lipinski definition) is 1. The van der Waals surface area contributed by atoms with Crippen molar-refractivity contribution in [1.29, 1.82) is 0 Å². The summed E-state index contributed by atoms with van der Waals surface area (Å²) in [5.41, 5.74) is 7.03. The second-order valence-electron chi connectivity index (χ2n) is 11.9. The number of carbonyl (C=O) groups is 2. The lowest BCUT2D eigenvalue weighted by molar-refractivity contribution is 0.0222. The highest BCUT2D eigenvalue weighted by molar-refractivity contribution is 5.85. The van der Waals surface area contributed by atoms with E-state index in [1.807, 2.05) is 43.0 Å². The van der Waals surface area contributed by atoms with Crippen molar-refractivity contribution in [2.45, 2.75) is 84.1 Å². The standard InChI is InChI=1S/C30H36N4O4/c1-18-15-31-27-23(18)14-21(16-32-27)20-12-19-9-11-33(28(35)37-22-7-8-22)17-25(19)24(13-20)26-6-5-10-34(26)29(36)38-30(2,3)4/h12-16,22,26H,5-11,17H2,1-4H3,(H,31,32). The van der Waals surface area contributed by atoms with Crippen LogP contribution in [0.2, 0.25) is 0 Å². The van der Waals surface area contributed by atoms with Gasteiger partial charge >= 0.3 is 12.2 Å². The summed E-state index contributed by atoms with van der Waals surface area (Å²) in [6.07, 6.45) is 7.86. The maximum Gasteiger partial charge on any atom is 0.410 e. The summed E-state index contributed by atoms with van der Waals surface area (Å²) >= 11 is 0. The van der Waals surface area contributed by atoms with Gasteiger partial charge in [0.2, 0.25) is 0 Å². The van der Waals surface area contributed by atoms with Crippen LogP contribution in [0.1, 0.15) is 74.8 Å². The minimum absolute atomic E-state index is 0.0718. The van der Waals surface area contributed by atoms with Crippen molar-refractivity contribution < 1.29 is 19.1 Å². The number of benzene rings is 1. The predicted molar refractivity (Wildman–Crippen MR) is 145 cm³/mol. The number of carbonyl (C=O) groups excluding carboxylic acids is 2. The van der Waals surface area contributed by atoms with Gasteiger partial charge in [0.05, 0.1) is 6.04 Å². The zero-order valence-electron chi connectivity index (χ0n) is 22.7. The van der Waals surface area contributed by atoms with Gasteiger partial charge in [-0.1, -0.05) is 6.07 Å². The fourth-order valence-electron chi connectivity index (χ4n) is 5.64. The smallest absolute Gasteiger partial charge is 0.410 e. The SMILES string of the molecule is Cc1c[nH]c2ncc(-c3cc4c(c(C5CCCN5C(=O)OC(C)(C)C)c3)CN(C(=O)OC3CC3)CC4)cc12. The maximum absolute atomic E-state index is 13.2. The molecule has 0 spiro atoms. The van der Waals surface area contributed by atoms with Crippen LogP contribution in [-0.4, -0.2) is 56.7 Å². The average Bonchev–Trinajstić information content (AvgIpc) is 3.41. The summed E-state index contributed by atoms with van der Waals surface area (Å²) in [6, 6.07) is 6.51. The first-order valence-electron chi connectivity index (χ1n) is 13.7. The second kappa shape index (κ2) is 9.33. The number of H-pyrrole nitrogens is 1. The van der Waals surface area contributed by atoms with E-state index in [2.05, 4.69) is 35.1 Å². The Balaban J connectivity index is 1.41. The first-order chi connectivity index (χ1) is 18.2. The summed E-state index contributed by atoms with van der Waals surface area (Å²) in [5.74, 6) is 0. The Morgan fingerprint density at radius 3 is 2.63 bits per heavy atom. The molecule has 1 aliphatic carbocycles. The van der Waals surface area contributed by atoms with Crippen molar-refractivity contribution >= 4 is 23.2 Å². The highest BCUT2D eigenvalue weighted by Crippen LogP contribution is 2.40. The molecule has 200 valence electrons. The van der Waals surface area contributed by atoms with Gasteiger partial charge in [0.1, 0.15) is 17.4 Å². The Hall–Kier alpha value is -3.55. The summed E-state index contributed by atoms with van der Waals surface area (Å²) in [6.45, 7) is 9.53. The lowest BCUT2D eigenvalue weighted by Crippen LogP contribution is -2.39. The largest absolute Gasteiger partial charge is 0.446 e. The number of rotatable bonds is 3. The van der Waals surface area contributed by atoms with E-state index in [-0.39, 0.29) is 24.3 Å². The van der Waals surface area contributed by atoms with Crippen LogP contribution < -0.4 is 0 Å². The molecule has 1 aromatic carbocycles. The van der Waals surface area contributed by atoms with E-state index in [4.69, 9.17) is 9.47 Å². The number of likely N-dealkylation sites (tertiary alicyclic amines) is 1. The van der Waals surface area contributed by atoms with Gasteiger partial charge < -0.3 is 24.3 Å². The van der Waals surface area contributed by atoms with E-state index in [9.17, 15) is 9.59 Å². The number of aromatic amines is 1. The highest BCUT2D eigenvalue weighted by atomic mass is 16.6. The molecule has 8 heteroatoms. The fourth-order valence-corrected chi connectivity index (χ4v) is 5.64. The lowest BCUT2D eigenvalue weighted by Gasteiger charge is -2.34. The minimum Gasteiger partial charge on any atom is -0.446 e. The first kappa shape index (κ1) is 24.8. The third kappa shape index (κ3) is 4.84. The minimum atomic E-state index is -0.565. The van der Waals surface area contributed by atoms with Crippen LogP contribution in [0.5, 0.6) is 0 Å². The van der Waals surface area contributed by atoms with Crippen LogP contribution in [0.25, 0.3) is 22.2 Å². The fraction of sp³-hybridized carbons (Fsp3) is 0.500. The van der Waals surface area contributed by atoms with Gasteiger partial charge in [-0.25, -0.2) is 14.6 Å². The lowest BCUT2D eigenvalue weighted by atomic mass is 9.87. The third-order valence-electron chi connectivity index (χ3n) is 7.74. The van der Waals surface area contributed by atoms with Crippen LogP contribution in [0.15, 0.2) is 30.6 Å². The van der Waals surface area contributed by atoms with Crippen molar-refractivity contribution in [2.24, 2.45) is 0 Å². The monoisotopic (exact) mass is 516 g/mol. The van der Waals surface area contributed by atoms with Crippen molar-refractivity contribution in [3.8, 4) is 11.1 Å². The highest BCUT2D eigenvalue weighted by Gasteiger charge is 2.37. The normalized spacial score (nSPS) is 19.5. The molecule has 3 aromatic rings. The molecule has 8 nitrogen and oxygen atoms in total. The molecule has 1 atom stereocenters. The average molecular weight is 517 g/mol. The molecule has 1 unspecified atom stereocenters. The van der Waals surface area contributed by atoms with Crippen LogP contribution in [-0.2, 0) is 22.4 Å². The number of nitrogens with one attached hydrogen (secondary N) is 1. The number of ether oxygens (including phenoxy) is 2. The Bertz CT molecular complexity index is 1400. The number of pyridine rings is 1.